The van der Waals surface area contributed by atoms with Crippen LogP contribution in [0.25, 0.3) is 0 Å². The number of benzene rings is 1. The predicted octanol–water partition coefficient (Wildman–Crippen LogP) is 2.33. The van der Waals surface area contributed by atoms with Gasteiger partial charge in [-0.1, -0.05) is 6.07 Å². The summed E-state index contributed by atoms with van der Waals surface area (Å²) in [7, 11) is -7.89. The van der Waals surface area contributed by atoms with Gasteiger partial charge in [-0.15, -0.1) is 0 Å². The van der Waals surface area contributed by atoms with Gasteiger partial charge in [-0.25, -0.2) is 25.6 Å². The van der Waals surface area contributed by atoms with Crippen LogP contribution in [0.1, 0.15) is 18.6 Å². The van der Waals surface area contributed by atoms with Crippen molar-refractivity contribution in [1.29, 1.82) is 0 Å². The lowest BCUT2D eigenvalue weighted by Gasteiger charge is -2.31. The zero-order valence-corrected chi connectivity index (χ0v) is 15.3. The van der Waals surface area contributed by atoms with E-state index >= 15 is 0 Å². The van der Waals surface area contributed by atoms with E-state index in [1.54, 1.807) is 12.1 Å². The molecule has 2 heterocycles. The van der Waals surface area contributed by atoms with Gasteiger partial charge < -0.3 is 4.42 Å². The Morgan fingerprint density at radius 1 is 1.00 bits per heavy atom. The first-order valence-electron chi connectivity index (χ1n) is 7.90. The van der Waals surface area contributed by atoms with Crippen molar-refractivity contribution >= 4 is 19.9 Å². The highest BCUT2D eigenvalue weighted by atomic mass is 32.2. The highest BCUT2D eigenvalue weighted by Crippen LogP contribution is 2.28. The van der Waals surface area contributed by atoms with E-state index < -0.39 is 41.6 Å². The van der Waals surface area contributed by atoms with Crippen LogP contribution in [0.3, 0.4) is 0 Å². The predicted molar refractivity (Wildman–Crippen MR) is 89.5 cm³/mol. The van der Waals surface area contributed by atoms with Crippen LogP contribution in [0.5, 0.6) is 0 Å². The summed E-state index contributed by atoms with van der Waals surface area (Å²) in [5.74, 6) is -2.29. The number of hydrogen-bond acceptors (Lipinski definition) is 5. The van der Waals surface area contributed by atoms with E-state index in [0.29, 0.717) is 5.76 Å². The molecule has 1 saturated heterocycles. The van der Waals surface area contributed by atoms with Crippen molar-refractivity contribution in [3.63, 3.8) is 0 Å². The Balaban J connectivity index is 1.74. The summed E-state index contributed by atoms with van der Waals surface area (Å²) in [5, 5.41) is -0.732. The smallest absolute Gasteiger partial charge is 0.248 e. The van der Waals surface area contributed by atoms with Crippen molar-refractivity contribution in [2.75, 3.05) is 13.1 Å². The molecule has 0 radical (unpaired) electrons. The maximum Gasteiger partial charge on any atom is 0.248 e. The molecule has 1 aliphatic heterocycles. The van der Waals surface area contributed by atoms with E-state index in [-0.39, 0.29) is 31.7 Å². The minimum Gasteiger partial charge on any atom is -0.468 e. The number of rotatable bonds is 5. The summed E-state index contributed by atoms with van der Waals surface area (Å²) < 4.78 is 83.6. The summed E-state index contributed by atoms with van der Waals surface area (Å²) in [6.07, 6.45) is 1.49. The van der Waals surface area contributed by atoms with E-state index in [2.05, 4.69) is 0 Å². The SMILES string of the molecule is O=S(=O)(Cc1ccco1)C1CCN(S(=O)(=O)c2c(F)cccc2F)CC1. The summed E-state index contributed by atoms with van der Waals surface area (Å²) in [4.78, 5) is -1.00. The monoisotopic (exact) mass is 405 g/mol. The van der Waals surface area contributed by atoms with Crippen LogP contribution >= 0.6 is 0 Å². The lowest BCUT2D eigenvalue weighted by atomic mass is 10.2. The van der Waals surface area contributed by atoms with Gasteiger partial charge in [0.2, 0.25) is 10.0 Å². The van der Waals surface area contributed by atoms with Crippen LogP contribution in [0.2, 0.25) is 0 Å². The van der Waals surface area contributed by atoms with Gasteiger partial charge in [-0.3, -0.25) is 0 Å². The van der Waals surface area contributed by atoms with Gasteiger partial charge in [0.25, 0.3) is 0 Å². The molecule has 26 heavy (non-hydrogen) atoms. The first-order chi connectivity index (χ1) is 12.2. The summed E-state index contributed by atoms with van der Waals surface area (Å²) in [5.41, 5.74) is 0. The third-order valence-corrected chi connectivity index (χ3v) is 8.47. The van der Waals surface area contributed by atoms with E-state index in [1.807, 2.05) is 0 Å². The maximum atomic E-state index is 13.8. The van der Waals surface area contributed by atoms with Crippen LogP contribution in [-0.4, -0.2) is 39.5 Å². The number of piperidine rings is 1. The van der Waals surface area contributed by atoms with E-state index in [9.17, 15) is 25.6 Å². The number of furan rings is 1. The molecular weight excluding hydrogens is 388 g/mol. The lowest BCUT2D eigenvalue weighted by Crippen LogP contribution is -2.43. The summed E-state index contributed by atoms with van der Waals surface area (Å²) in [6.45, 7) is -0.254. The van der Waals surface area contributed by atoms with Gasteiger partial charge in [0.05, 0.1) is 11.5 Å². The maximum absolute atomic E-state index is 13.8. The number of halogens is 2. The van der Waals surface area contributed by atoms with Crippen LogP contribution in [0, 0.1) is 11.6 Å². The summed E-state index contributed by atoms with van der Waals surface area (Å²) >= 11 is 0. The number of sulfonamides is 1. The molecule has 1 aliphatic rings. The van der Waals surface area contributed by atoms with Gasteiger partial charge >= 0.3 is 0 Å². The first kappa shape index (κ1) is 19.0. The molecule has 2 aromatic rings. The van der Waals surface area contributed by atoms with Crippen molar-refractivity contribution in [3.05, 3.63) is 54.0 Å². The van der Waals surface area contributed by atoms with Crippen LogP contribution in [0.4, 0.5) is 8.78 Å². The molecule has 1 fully saturated rings. The zero-order valence-electron chi connectivity index (χ0n) is 13.6. The van der Waals surface area contributed by atoms with E-state index in [0.717, 1.165) is 22.5 Å². The second kappa shape index (κ2) is 7.09. The Kier molecular flexibility index (Phi) is 5.18. The Morgan fingerprint density at radius 3 is 2.15 bits per heavy atom. The second-order valence-electron chi connectivity index (χ2n) is 6.04. The highest BCUT2D eigenvalue weighted by molar-refractivity contribution is 7.91. The lowest BCUT2D eigenvalue weighted by molar-refractivity contribution is 0.341. The number of sulfone groups is 1. The van der Waals surface area contributed by atoms with Gasteiger partial charge in [-0.2, -0.15) is 4.31 Å². The normalized spacial score (nSPS) is 17.5. The number of hydrogen-bond donors (Lipinski definition) is 0. The third kappa shape index (κ3) is 3.67. The fourth-order valence-corrected chi connectivity index (χ4v) is 6.30. The van der Waals surface area contributed by atoms with Crippen molar-refractivity contribution in [3.8, 4) is 0 Å². The van der Waals surface area contributed by atoms with Gasteiger partial charge in [-0.05, 0) is 37.1 Å². The molecule has 142 valence electrons. The fraction of sp³-hybridized carbons (Fsp3) is 0.375. The molecule has 0 atom stereocenters. The van der Waals surface area contributed by atoms with Crippen molar-refractivity contribution < 1.29 is 30.0 Å². The molecule has 1 aromatic heterocycles. The van der Waals surface area contributed by atoms with E-state index in [1.165, 1.54) is 6.26 Å². The molecule has 0 N–H and O–H groups in total. The summed E-state index contributed by atoms with van der Waals surface area (Å²) in [6, 6.07) is 5.96. The molecule has 10 heteroatoms. The first-order valence-corrected chi connectivity index (χ1v) is 11.1. The molecule has 0 unspecified atom stereocenters. The Hall–Kier alpha value is -1.78. The van der Waals surface area contributed by atoms with Crippen LogP contribution in [-0.2, 0) is 25.6 Å². The van der Waals surface area contributed by atoms with Crippen molar-refractivity contribution in [2.45, 2.75) is 28.7 Å². The minimum absolute atomic E-state index is 0.0539. The average molecular weight is 405 g/mol. The zero-order chi connectivity index (χ0) is 18.9. The minimum atomic E-state index is -4.37. The molecule has 0 amide bonds. The van der Waals surface area contributed by atoms with Crippen molar-refractivity contribution in [1.82, 2.24) is 4.31 Å². The molecule has 0 bridgehead atoms. The second-order valence-corrected chi connectivity index (χ2v) is 10.2. The number of nitrogens with zero attached hydrogens (tertiary/aromatic N) is 1. The van der Waals surface area contributed by atoms with E-state index in [4.69, 9.17) is 4.42 Å². The fourth-order valence-electron chi connectivity index (χ4n) is 3.00. The molecular formula is C16H17F2NO5S2. The standard InChI is InChI=1S/C16H17F2NO5S2/c17-14-4-1-5-15(18)16(14)26(22,23)19-8-6-13(7-9-19)25(20,21)11-12-3-2-10-24-12/h1-5,10,13H,6-9,11H2. The molecule has 0 saturated carbocycles. The van der Waals surface area contributed by atoms with Gasteiger partial charge in [0, 0.05) is 13.1 Å². The Labute approximate surface area is 150 Å². The van der Waals surface area contributed by atoms with Gasteiger partial charge in [0.15, 0.2) is 14.7 Å². The van der Waals surface area contributed by atoms with Crippen LogP contribution in [0.15, 0.2) is 45.9 Å². The van der Waals surface area contributed by atoms with Crippen LogP contribution < -0.4 is 0 Å². The van der Waals surface area contributed by atoms with Crippen molar-refractivity contribution in [2.24, 2.45) is 0 Å². The Bertz CT molecular complexity index is 959. The molecule has 0 aliphatic carbocycles. The largest absolute Gasteiger partial charge is 0.468 e. The topological polar surface area (TPSA) is 84.7 Å². The quantitative estimate of drug-likeness (QED) is 0.762. The molecule has 3 rings (SSSR count). The molecule has 6 nitrogen and oxygen atoms in total. The van der Waals surface area contributed by atoms with Gasteiger partial charge in [0.1, 0.15) is 23.1 Å². The highest BCUT2D eigenvalue weighted by Gasteiger charge is 2.37. The molecule has 0 spiro atoms. The average Bonchev–Trinajstić information content (AvgIpc) is 3.07. The Morgan fingerprint density at radius 2 is 1.62 bits per heavy atom. The molecule has 1 aromatic carbocycles. The third-order valence-electron chi connectivity index (χ3n) is 4.35.